The Morgan fingerprint density at radius 1 is 1.14 bits per heavy atom. The molecule has 1 aromatic heterocycles. The van der Waals surface area contributed by atoms with Crippen LogP contribution in [0.2, 0.25) is 0 Å². The van der Waals surface area contributed by atoms with Crippen molar-refractivity contribution in [2.24, 2.45) is 0 Å². The second kappa shape index (κ2) is 5.61. The zero-order valence-electron chi connectivity index (χ0n) is 11.6. The van der Waals surface area contributed by atoms with Gasteiger partial charge < -0.3 is 10.1 Å². The summed E-state index contributed by atoms with van der Waals surface area (Å²) < 4.78 is 26.7. The molecule has 0 aliphatic rings. The number of nitrogens with one attached hydrogen (secondary N) is 2. The Balaban J connectivity index is 2.22. The molecule has 7 heteroatoms. The van der Waals surface area contributed by atoms with Crippen LogP contribution in [0.3, 0.4) is 0 Å². The summed E-state index contributed by atoms with van der Waals surface area (Å²) in [6, 6.07) is 9.23. The monoisotopic (exact) mass is 308 g/mol. The summed E-state index contributed by atoms with van der Waals surface area (Å²) >= 11 is 0. The van der Waals surface area contributed by atoms with Crippen LogP contribution in [0.25, 0.3) is 0 Å². The van der Waals surface area contributed by atoms with Crippen molar-refractivity contribution in [2.45, 2.75) is 24.7 Å². The van der Waals surface area contributed by atoms with E-state index in [9.17, 15) is 13.2 Å². The average molecular weight is 308 g/mol. The fourth-order valence-electron chi connectivity index (χ4n) is 1.81. The van der Waals surface area contributed by atoms with E-state index >= 15 is 0 Å². The molecule has 0 aliphatic carbocycles. The van der Waals surface area contributed by atoms with Crippen molar-refractivity contribution >= 4 is 21.8 Å². The molecule has 1 heterocycles. The molecule has 0 radical (unpaired) electrons. The van der Waals surface area contributed by atoms with Crippen molar-refractivity contribution in [1.29, 1.82) is 0 Å². The number of H-pyrrole nitrogens is 1. The minimum absolute atomic E-state index is 0.0807. The summed E-state index contributed by atoms with van der Waals surface area (Å²) in [5.74, 6) is -0.724. The van der Waals surface area contributed by atoms with Crippen molar-refractivity contribution < 1.29 is 18.3 Å². The third kappa shape index (κ3) is 3.43. The van der Waals surface area contributed by atoms with E-state index in [1.54, 1.807) is 12.1 Å². The second-order valence-corrected chi connectivity index (χ2v) is 6.60. The normalized spacial score (nSPS) is 11.6. The largest absolute Gasteiger partial charge is 0.477 e. The molecule has 0 atom stereocenters. The number of anilines is 1. The minimum atomic E-state index is -3.74. The van der Waals surface area contributed by atoms with Gasteiger partial charge in [0, 0.05) is 0 Å². The van der Waals surface area contributed by atoms with Gasteiger partial charge in [0.25, 0.3) is 10.0 Å². The van der Waals surface area contributed by atoms with Crippen LogP contribution in [0, 0.1) is 0 Å². The van der Waals surface area contributed by atoms with Gasteiger partial charge in [-0.05, 0) is 35.7 Å². The molecule has 0 aliphatic heterocycles. The fourth-order valence-corrected chi connectivity index (χ4v) is 2.84. The topological polar surface area (TPSA) is 99.3 Å². The first-order chi connectivity index (χ1) is 9.79. The molecule has 3 N–H and O–H groups in total. The lowest BCUT2D eigenvalue weighted by molar-refractivity contribution is 0.0691. The number of sulfonamides is 1. The first-order valence-corrected chi connectivity index (χ1v) is 7.83. The quantitative estimate of drug-likeness (QED) is 0.790. The molecule has 0 saturated carbocycles. The summed E-state index contributed by atoms with van der Waals surface area (Å²) in [6.45, 7) is 4.04. The zero-order chi connectivity index (χ0) is 15.6. The van der Waals surface area contributed by atoms with Crippen molar-refractivity contribution in [2.75, 3.05) is 4.72 Å². The molecule has 2 rings (SSSR count). The van der Waals surface area contributed by atoms with Gasteiger partial charge in [0.1, 0.15) is 11.5 Å². The van der Waals surface area contributed by atoms with Gasteiger partial charge in [-0.2, -0.15) is 0 Å². The van der Waals surface area contributed by atoms with E-state index in [-0.39, 0.29) is 16.4 Å². The van der Waals surface area contributed by atoms with Gasteiger partial charge in [-0.1, -0.05) is 26.0 Å². The van der Waals surface area contributed by atoms with Gasteiger partial charge in [-0.15, -0.1) is 0 Å². The number of benzene rings is 1. The van der Waals surface area contributed by atoms with Crippen LogP contribution in [0.1, 0.15) is 35.8 Å². The van der Waals surface area contributed by atoms with E-state index in [1.165, 1.54) is 24.3 Å². The maximum atomic E-state index is 12.2. The van der Waals surface area contributed by atoms with E-state index in [0.29, 0.717) is 5.92 Å². The third-order valence-electron chi connectivity index (χ3n) is 3.02. The molecular weight excluding hydrogens is 292 g/mol. The Kier molecular flexibility index (Phi) is 4.04. The van der Waals surface area contributed by atoms with Crippen molar-refractivity contribution in [3.8, 4) is 0 Å². The highest BCUT2D eigenvalue weighted by atomic mass is 32.2. The highest BCUT2D eigenvalue weighted by Gasteiger charge is 2.16. The molecule has 21 heavy (non-hydrogen) atoms. The van der Waals surface area contributed by atoms with Crippen LogP contribution in [0.5, 0.6) is 0 Å². The van der Waals surface area contributed by atoms with E-state index in [2.05, 4.69) is 9.71 Å². The number of aromatic amines is 1. The van der Waals surface area contributed by atoms with Gasteiger partial charge in [-0.3, -0.25) is 4.72 Å². The van der Waals surface area contributed by atoms with E-state index in [4.69, 9.17) is 5.11 Å². The smallest absolute Gasteiger partial charge is 0.352 e. The van der Waals surface area contributed by atoms with Crippen LogP contribution in [-0.4, -0.2) is 24.5 Å². The first kappa shape index (κ1) is 15.1. The predicted molar refractivity (Wildman–Crippen MR) is 79.1 cm³/mol. The number of aromatic nitrogens is 1. The number of carbonyl (C=O) groups is 1. The lowest BCUT2D eigenvalue weighted by Crippen LogP contribution is -2.13. The minimum Gasteiger partial charge on any atom is -0.477 e. The van der Waals surface area contributed by atoms with Crippen molar-refractivity contribution in [3.05, 3.63) is 47.7 Å². The van der Waals surface area contributed by atoms with Crippen LogP contribution in [0.4, 0.5) is 5.82 Å². The molecule has 2 aromatic rings. The van der Waals surface area contributed by atoms with Gasteiger partial charge in [0.15, 0.2) is 0 Å². The summed E-state index contributed by atoms with van der Waals surface area (Å²) in [7, 11) is -3.74. The number of hydrogen-bond acceptors (Lipinski definition) is 3. The Morgan fingerprint density at radius 2 is 1.76 bits per heavy atom. The summed E-state index contributed by atoms with van der Waals surface area (Å²) in [5, 5.41) is 8.79. The van der Waals surface area contributed by atoms with Crippen LogP contribution in [0.15, 0.2) is 41.3 Å². The summed E-state index contributed by atoms with van der Waals surface area (Å²) in [4.78, 5) is 13.3. The lowest BCUT2D eigenvalue weighted by atomic mass is 10.0. The molecule has 0 amide bonds. The lowest BCUT2D eigenvalue weighted by Gasteiger charge is -2.09. The standard InChI is InChI=1S/C14H16N2O4S/c1-9(2)10-3-5-11(6-4-10)21(19,20)16-13-8-7-12(15-13)14(17)18/h3-9,15-16H,1-2H3,(H,17,18). The number of carboxylic acid groups (broad SMARTS) is 1. The Bertz CT molecular complexity index is 746. The number of carboxylic acids is 1. The maximum Gasteiger partial charge on any atom is 0.352 e. The van der Waals surface area contributed by atoms with Gasteiger partial charge >= 0.3 is 5.97 Å². The van der Waals surface area contributed by atoms with Gasteiger partial charge in [0.2, 0.25) is 0 Å². The molecule has 0 spiro atoms. The van der Waals surface area contributed by atoms with E-state index in [1.807, 2.05) is 13.8 Å². The van der Waals surface area contributed by atoms with E-state index in [0.717, 1.165) is 5.56 Å². The molecular formula is C14H16N2O4S. The van der Waals surface area contributed by atoms with Crippen LogP contribution >= 0.6 is 0 Å². The Labute approximate surface area is 122 Å². The van der Waals surface area contributed by atoms with E-state index < -0.39 is 16.0 Å². The molecule has 0 saturated heterocycles. The number of hydrogen-bond donors (Lipinski definition) is 3. The second-order valence-electron chi connectivity index (χ2n) is 4.92. The molecule has 0 fully saturated rings. The highest BCUT2D eigenvalue weighted by Crippen LogP contribution is 2.19. The van der Waals surface area contributed by atoms with Gasteiger partial charge in [0.05, 0.1) is 4.90 Å². The summed E-state index contributed by atoms with van der Waals surface area (Å²) in [6.07, 6.45) is 0. The molecule has 0 bridgehead atoms. The maximum absolute atomic E-state index is 12.2. The highest BCUT2D eigenvalue weighted by molar-refractivity contribution is 7.92. The SMILES string of the molecule is CC(C)c1ccc(S(=O)(=O)Nc2ccc(C(=O)O)[nH]2)cc1. The molecule has 6 nitrogen and oxygen atoms in total. The summed E-state index contributed by atoms with van der Waals surface area (Å²) in [5.41, 5.74) is 0.963. The average Bonchev–Trinajstić information content (AvgIpc) is 2.87. The first-order valence-electron chi connectivity index (χ1n) is 6.34. The predicted octanol–water partition coefficient (Wildman–Crippen LogP) is 2.64. The Hall–Kier alpha value is -2.28. The van der Waals surface area contributed by atoms with Crippen molar-refractivity contribution in [3.63, 3.8) is 0 Å². The van der Waals surface area contributed by atoms with Crippen LogP contribution < -0.4 is 4.72 Å². The number of aromatic carboxylic acids is 1. The number of rotatable bonds is 5. The molecule has 1 aromatic carbocycles. The van der Waals surface area contributed by atoms with Crippen LogP contribution in [-0.2, 0) is 10.0 Å². The molecule has 112 valence electrons. The van der Waals surface area contributed by atoms with Crippen molar-refractivity contribution in [1.82, 2.24) is 4.98 Å². The Morgan fingerprint density at radius 3 is 2.24 bits per heavy atom. The fraction of sp³-hybridized carbons (Fsp3) is 0.214. The van der Waals surface area contributed by atoms with Gasteiger partial charge in [-0.25, -0.2) is 13.2 Å². The zero-order valence-corrected chi connectivity index (χ0v) is 12.4. The third-order valence-corrected chi connectivity index (χ3v) is 4.40. The molecule has 0 unspecified atom stereocenters.